The van der Waals surface area contributed by atoms with Crippen LogP contribution in [0.15, 0.2) is 64.2 Å². The maximum Gasteiger partial charge on any atom is 0.261 e. The minimum atomic E-state index is -3.68. The Kier molecular flexibility index (Phi) is 6.64. The van der Waals surface area contributed by atoms with Crippen LogP contribution in [0.4, 0.5) is 5.69 Å². The van der Waals surface area contributed by atoms with E-state index in [9.17, 15) is 13.2 Å². The molecule has 0 radical (unpaired) electrons. The van der Waals surface area contributed by atoms with Crippen LogP contribution in [0, 0.1) is 13.8 Å². The monoisotopic (exact) mass is 469 g/mol. The first-order chi connectivity index (χ1) is 15.3. The van der Waals surface area contributed by atoms with Gasteiger partial charge in [0.2, 0.25) is 0 Å². The van der Waals surface area contributed by atoms with Gasteiger partial charge in [0, 0.05) is 44.0 Å². The number of carbonyl (C=O) groups is 1. The molecule has 0 atom stereocenters. The van der Waals surface area contributed by atoms with E-state index < -0.39 is 10.0 Å². The largest absolute Gasteiger partial charge is 0.336 e. The van der Waals surface area contributed by atoms with Crippen LogP contribution in [-0.4, -0.2) is 50.3 Å². The summed E-state index contributed by atoms with van der Waals surface area (Å²) in [4.78, 5) is 17.3. The molecule has 0 unspecified atom stereocenters. The van der Waals surface area contributed by atoms with E-state index in [2.05, 4.69) is 26.4 Å². The number of aryl methyl sites for hydroxylation is 2. The SMILES string of the molecule is Cc1ccc(S(=O)(=O)Nc2ccc(C(=O)N3CCN(Cc4ccsc4)CC3)cc2)cc1C. The first-order valence-corrected chi connectivity index (χ1v) is 13.0. The second-order valence-corrected chi connectivity index (χ2v) is 10.6. The maximum absolute atomic E-state index is 12.9. The molecular formula is C24H27N3O3S2. The molecule has 1 aliphatic heterocycles. The van der Waals surface area contributed by atoms with Gasteiger partial charge >= 0.3 is 0 Å². The normalized spacial score (nSPS) is 15.0. The highest BCUT2D eigenvalue weighted by molar-refractivity contribution is 7.92. The third-order valence-corrected chi connectivity index (χ3v) is 7.93. The van der Waals surface area contributed by atoms with Crippen LogP contribution in [0.2, 0.25) is 0 Å². The number of amides is 1. The van der Waals surface area contributed by atoms with Crippen molar-refractivity contribution in [2.75, 3.05) is 30.9 Å². The van der Waals surface area contributed by atoms with Crippen LogP contribution >= 0.6 is 11.3 Å². The average molecular weight is 470 g/mol. The summed E-state index contributed by atoms with van der Waals surface area (Å²) >= 11 is 1.70. The van der Waals surface area contributed by atoms with E-state index in [0.29, 0.717) is 24.3 Å². The highest BCUT2D eigenvalue weighted by Crippen LogP contribution is 2.20. The molecule has 0 spiro atoms. The van der Waals surface area contributed by atoms with Gasteiger partial charge in [0.25, 0.3) is 15.9 Å². The summed E-state index contributed by atoms with van der Waals surface area (Å²) in [6.45, 7) is 7.80. The van der Waals surface area contributed by atoms with E-state index in [1.807, 2.05) is 18.7 Å². The topological polar surface area (TPSA) is 69.7 Å². The highest BCUT2D eigenvalue weighted by Gasteiger charge is 2.22. The van der Waals surface area contributed by atoms with Crippen molar-refractivity contribution in [3.05, 3.63) is 81.5 Å². The smallest absolute Gasteiger partial charge is 0.261 e. The molecule has 2 heterocycles. The molecule has 32 heavy (non-hydrogen) atoms. The maximum atomic E-state index is 12.9. The predicted molar refractivity (Wildman–Crippen MR) is 129 cm³/mol. The number of nitrogens with zero attached hydrogens (tertiary/aromatic N) is 2. The van der Waals surface area contributed by atoms with Crippen molar-refractivity contribution in [3.8, 4) is 0 Å². The molecule has 0 bridgehead atoms. The fourth-order valence-electron chi connectivity index (χ4n) is 3.71. The van der Waals surface area contributed by atoms with E-state index in [0.717, 1.165) is 30.8 Å². The molecule has 6 nitrogen and oxygen atoms in total. The van der Waals surface area contributed by atoms with E-state index in [4.69, 9.17) is 0 Å². The molecule has 1 N–H and O–H groups in total. The molecule has 0 aliphatic carbocycles. The fourth-order valence-corrected chi connectivity index (χ4v) is 5.51. The van der Waals surface area contributed by atoms with Gasteiger partial charge in [-0.15, -0.1) is 0 Å². The van der Waals surface area contributed by atoms with Gasteiger partial charge in [-0.1, -0.05) is 6.07 Å². The lowest BCUT2D eigenvalue weighted by atomic mass is 10.1. The van der Waals surface area contributed by atoms with Crippen LogP contribution in [0.25, 0.3) is 0 Å². The molecular weight excluding hydrogens is 442 g/mol. The second kappa shape index (κ2) is 9.44. The number of rotatable bonds is 6. The van der Waals surface area contributed by atoms with Crippen LogP contribution in [-0.2, 0) is 16.6 Å². The lowest BCUT2D eigenvalue weighted by Gasteiger charge is -2.34. The standard InChI is InChI=1S/C24H27N3O3S2/c1-18-3-8-23(15-19(18)2)32(29,30)25-22-6-4-21(5-7-22)24(28)27-12-10-26(11-13-27)16-20-9-14-31-17-20/h3-9,14-15,17,25H,10-13,16H2,1-2H3. The third-order valence-electron chi connectivity index (χ3n) is 5.82. The molecule has 0 saturated carbocycles. The molecule has 1 fully saturated rings. The van der Waals surface area contributed by atoms with Gasteiger partial charge in [0.15, 0.2) is 0 Å². The van der Waals surface area contributed by atoms with Crippen molar-refractivity contribution in [1.82, 2.24) is 9.80 Å². The first-order valence-electron chi connectivity index (χ1n) is 10.5. The first kappa shape index (κ1) is 22.5. The average Bonchev–Trinajstić information content (AvgIpc) is 3.29. The Hall–Kier alpha value is -2.68. The number of piperazine rings is 1. The number of sulfonamides is 1. The van der Waals surface area contributed by atoms with Crippen LogP contribution in [0.3, 0.4) is 0 Å². The Balaban J connectivity index is 1.36. The summed E-state index contributed by atoms with van der Waals surface area (Å²) in [5.41, 5.74) is 4.27. The number of carbonyl (C=O) groups excluding carboxylic acids is 1. The molecule has 1 aromatic heterocycles. The number of nitrogens with one attached hydrogen (secondary N) is 1. The predicted octanol–water partition coefficient (Wildman–Crippen LogP) is 4.12. The van der Waals surface area contributed by atoms with Crippen molar-refractivity contribution >= 4 is 33.0 Å². The second-order valence-electron chi connectivity index (χ2n) is 8.13. The van der Waals surface area contributed by atoms with Gasteiger partial charge in [0.1, 0.15) is 0 Å². The van der Waals surface area contributed by atoms with Crippen molar-refractivity contribution in [3.63, 3.8) is 0 Å². The molecule has 1 aliphatic rings. The Labute approximate surface area is 193 Å². The van der Waals surface area contributed by atoms with Gasteiger partial charge in [-0.2, -0.15) is 11.3 Å². The van der Waals surface area contributed by atoms with E-state index in [1.54, 1.807) is 53.8 Å². The Bertz CT molecular complexity index is 1180. The zero-order chi connectivity index (χ0) is 22.7. The summed E-state index contributed by atoms with van der Waals surface area (Å²) in [5.74, 6) is -0.0243. The number of hydrogen-bond donors (Lipinski definition) is 1. The molecule has 2 aromatic carbocycles. The van der Waals surface area contributed by atoms with Gasteiger partial charge in [-0.05, 0) is 83.8 Å². The Morgan fingerprint density at radius 3 is 2.31 bits per heavy atom. The van der Waals surface area contributed by atoms with Crippen molar-refractivity contribution in [1.29, 1.82) is 0 Å². The fraction of sp³-hybridized carbons (Fsp3) is 0.292. The number of benzene rings is 2. The van der Waals surface area contributed by atoms with Gasteiger partial charge in [-0.3, -0.25) is 14.4 Å². The minimum absolute atomic E-state index is 0.0243. The lowest BCUT2D eigenvalue weighted by Crippen LogP contribution is -2.48. The number of hydrogen-bond acceptors (Lipinski definition) is 5. The third kappa shape index (κ3) is 5.20. The Morgan fingerprint density at radius 1 is 0.969 bits per heavy atom. The van der Waals surface area contributed by atoms with Crippen molar-refractivity contribution in [2.24, 2.45) is 0 Å². The summed E-state index contributed by atoms with van der Waals surface area (Å²) in [5, 5.41) is 4.24. The van der Waals surface area contributed by atoms with Crippen molar-refractivity contribution in [2.45, 2.75) is 25.3 Å². The van der Waals surface area contributed by atoms with E-state index in [-0.39, 0.29) is 10.8 Å². The van der Waals surface area contributed by atoms with Gasteiger partial charge in [-0.25, -0.2) is 8.42 Å². The van der Waals surface area contributed by atoms with E-state index >= 15 is 0 Å². The van der Waals surface area contributed by atoms with Crippen LogP contribution in [0.5, 0.6) is 0 Å². The minimum Gasteiger partial charge on any atom is -0.336 e. The highest BCUT2D eigenvalue weighted by atomic mass is 32.2. The van der Waals surface area contributed by atoms with Crippen LogP contribution < -0.4 is 4.72 Å². The molecule has 3 aromatic rings. The molecule has 1 saturated heterocycles. The Morgan fingerprint density at radius 2 is 1.69 bits per heavy atom. The van der Waals surface area contributed by atoms with E-state index in [1.165, 1.54) is 5.56 Å². The number of thiophene rings is 1. The number of anilines is 1. The summed E-state index contributed by atoms with van der Waals surface area (Å²) < 4.78 is 28.0. The summed E-state index contributed by atoms with van der Waals surface area (Å²) in [6, 6.07) is 13.8. The zero-order valence-electron chi connectivity index (χ0n) is 18.2. The molecule has 4 rings (SSSR count). The van der Waals surface area contributed by atoms with Gasteiger partial charge < -0.3 is 4.90 Å². The van der Waals surface area contributed by atoms with Crippen LogP contribution in [0.1, 0.15) is 27.0 Å². The lowest BCUT2D eigenvalue weighted by molar-refractivity contribution is 0.0628. The molecule has 168 valence electrons. The van der Waals surface area contributed by atoms with Gasteiger partial charge in [0.05, 0.1) is 4.90 Å². The molecule has 1 amide bonds. The summed E-state index contributed by atoms with van der Waals surface area (Å²) in [7, 11) is -3.68. The zero-order valence-corrected chi connectivity index (χ0v) is 19.9. The quantitative estimate of drug-likeness (QED) is 0.590. The van der Waals surface area contributed by atoms with Crippen molar-refractivity contribution < 1.29 is 13.2 Å². The summed E-state index contributed by atoms with van der Waals surface area (Å²) in [6.07, 6.45) is 0. The molecule has 8 heteroatoms.